The maximum Gasteiger partial charge on any atom is 0.277 e. The normalized spacial score (nSPS) is 10.9. The van der Waals surface area contributed by atoms with Gasteiger partial charge in [-0.2, -0.15) is 0 Å². The number of ether oxygens (including phenoxy) is 2. The number of hydrogen-bond acceptors (Lipinski definition) is 9. The van der Waals surface area contributed by atoms with E-state index in [1.165, 1.54) is 11.8 Å². The Kier molecular flexibility index (Phi) is 5.48. The Hall–Kier alpha value is -3.33. The van der Waals surface area contributed by atoms with E-state index in [1.54, 1.807) is 26.4 Å². The summed E-state index contributed by atoms with van der Waals surface area (Å²) in [5, 5.41) is 16.8. The molecule has 0 saturated heterocycles. The fourth-order valence-electron chi connectivity index (χ4n) is 2.68. The molecule has 2 heterocycles. The van der Waals surface area contributed by atoms with Crippen molar-refractivity contribution >= 4 is 11.8 Å². The monoisotopic (exact) mass is 410 g/mol. The molecule has 0 aliphatic rings. The lowest BCUT2D eigenvalue weighted by molar-refractivity contribution is 0.355. The van der Waals surface area contributed by atoms with Gasteiger partial charge >= 0.3 is 0 Å². The van der Waals surface area contributed by atoms with E-state index in [1.807, 2.05) is 37.3 Å². The summed E-state index contributed by atoms with van der Waals surface area (Å²) in [5.41, 5.74) is 2.76. The molecule has 2 aromatic heterocycles. The Morgan fingerprint density at radius 1 is 0.828 bits per heavy atom. The molecular weight excluding hydrogens is 392 g/mol. The van der Waals surface area contributed by atoms with Crippen molar-refractivity contribution in [1.82, 2.24) is 20.4 Å². The smallest absolute Gasteiger partial charge is 0.277 e. The van der Waals surface area contributed by atoms with Crippen LogP contribution in [0.25, 0.3) is 22.9 Å². The molecule has 29 heavy (non-hydrogen) atoms. The van der Waals surface area contributed by atoms with Crippen molar-refractivity contribution in [2.24, 2.45) is 0 Å². The van der Waals surface area contributed by atoms with Crippen LogP contribution in [0.15, 0.2) is 56.5 Å². The highest BCUT2D eigenvalue weighted by atomic mass is 32.2. The quantitative estimate of drug-likeness (QED) is 0.411. The number of methoxy groups -OCH3 is 2. The van der Waals surface area contributed by atoms with Crippen molar-refractivity contribution < 1.29 is 18.3 Å². The SMILES string of the molecule is COc1ccc(-c2nnc(SCc3nnc(-c4cccc(C)c4)o3)o2)cc1OC. The van der Waals surface area contributed by atoms with E-state index in [2.05, 4.69) is 20.4 Å². The number of aromatic nitrogens is 4. The minimum Gasteiger partial charge on any atom is -0.493 e. The molecule has 0 aliphatic carbocycles. The topological polar surface area (TPSA) is 96.3 Å². The number of aryl methyl sites for hydroxylation is 1. The van der Waals surface area contributed by atoms with Crippen molar-refractivity contribution in [3.8, 4) is 34.4 Å². The largest absolute Gasteiger partial charge is 0.493 e. The minimum atomic E-state index is 0.388. The molecule has 0 radical (unpaired) electrons. The highest BCUT2D eigenvalue weighted by Gasteiger charge is 2.14. The Morgan fingerprint density at radius 2 is 1.59 bits per heavy atom. The summed E-state index contributed by atoms with van der Waals surface area (Å²) in [7, 11) is 3.16. The summed E-state index contributed by atoms with van der Waals surface area (Å²) in [4.78, 5) is 0. The molecule has 0 bridgehead atoms. The van der Waals surface area contributed by atoms with Gasteiger partial charge in [0.2, 0.25) is 17.7 Å². The highest BCUT2D eigenvalue weighted by molar-refractivity contribution is 7.98. The third kappa shape index (κ3) is 4.24. The number of rotatable bonds is 7. The van der Waals surface area contributed by atoms with E-state index in [0.29, 0.717) is 40.1 Å². The van der Waals surface area contributed by atoms with Crippen molar-refractivity contribution in [3.63, 3.8) is 0 Å². The van der Waals surface area contributed by atoms with E-state index < -0.39 is 0 Å². The summed E-state index contributed by atoms with van der Waals surface area (Å²) in [6, 6.07) is 13.3. The molecule has 0 unspecified atom stereocenters. The Morgan fingerprint density at radius 3 is 2.38 bits per heavy atom. The van der Waals surface area contributed by atoms with Crippen LogP contribution in [0.3, 0.4) is 0 Å². The number of hydrogen-bond donors (Lipinski definition) is 0. The predicted octanol–water partition coefficient (Wildman–Crippen LogP) is 4.40. The van der Waals surface area contributed by atoms with E-state index in [-0.39, 0.29) is 0 Å². The first kappa shape index (κ1) is 19.0. The van der Waals surface area contributed by atoms with Crippen molar-refractivity contribution in [2.75, 3.05) is 14.2 Å². The molecule has 0 amide bonds. The standard InChI is InChI=1S/C20H18N4O4S/c1-12-5-4-6-13(9-12)18-22-21-17(27-18)11-29-20-24-23-19(28-20)14-7-8-15(25-2)16(10-14)26-3/h4-10H,11H2,1-3H3. The van der Waals surface area contributed by atoms with Crippen LogP contribution in [-0.4, -0.2) is 34.6 Å². The number of thioether (sulfide) groups is 1. The summed E-state index contributed by atoms with van der Waals surface area (Å²) in [6.07, 6.45) is 0. The van der Waals surface area contributed by atoms with Crippen LogP contribution in [0.2, 0.25) is 0 Å². The third-order valence-electron chi connectivity index (χ3n) is 4.09. The van der Waals surface area contributed by atoms with Crippen LogP contribution in [0.4, 0.5) is 0 Å². The summed E-state index contributed by atoms with van der Waals surface area (Å²) in [6.45, 7) is 2.02. The fraction of sp³-hybridized carbons (Fsp3) is 0.200. The van der Waals surface area contributed by atoms with Crippen LogP contribution in [-0.2, 0) is 5.75 Å². The van der Waals surface area contributed by atoms with Gasteiger partial charge in [0.05, 0.1) is 20.0 Å². The highest BCUT2D eigenvalue weighted by Crippen LogP contribution is 2.33. The number of nitrogens with zero attached hydrogens (tertiary/aromatic N) is 4. The van der Waals surface area contributed by atoms with Gasteiger partial charge in [0.25, 0.3) is 5.22 Å². The molecule has 4 aromatic rings. The first-order chi connectivity index (χ1) is 14.2. The molecule has 4 rings (SSSR count). The first-order valence-corrected chi connectivity index (χ1v) is 9.73. The second-order valence-corrected chi connectivity index (χ2v) is 7.03. The molecule has 9 heteroatoms. The maximum atomic E-state index is 5.73. The lowest BCUT2D eigenvalue weighted by Crippen LogP contribution is -1.90. The lowest BCUT2D eigenvalue weighted by atomic mass is 10.1. The zero-order valence-corrected chi connectivity index (χ0v) is 16.9. The van der Waals surface area contributed by atoms with Crippen molar-refractivity contribution in [2.45, 2.75) is 17.9 Å². The average Bonchev–Trinajstić information content (AvgIpc) is 3.41. The lowest BCUT2D eigenvalue weighted by Gasteiger charge is -2.07. The fourth-order valence-corrected chi connectivity index (χ4v) is 3.28. The zero-order chi connectivity index (χ0) is 20.2. The van der Waals surface area contributed by atoms with Gasteiger partial charge in [0.15, 0.2) is 11.5 Å². The van der Waals surface area contributed by atoms with Crippen LogP contribution in [0, 0.1) is 6.92 Å². The molecule has 2 aromatic carbocycles. The van der Waals surface area contributed by atoms with Gasteiger partial charge < -0.3 is 18.3 Å². The van der Waals surface area contributed by atoms with E-state index >= 15 is 0 Å². The summed E-state index contributed by atoms with van der Waals surface area (Å²) < 4.78 is 22.0. The molecule has 8 nitrogen and oxygen atoms in total. The summed E-state index contributed by atoms with van der Waals surface area (Å²) in [5.74, 6) is 3.00. The Balaban J connectivity index is 1.44. The van der Waals surface area contributed by atoms with Gasteiger partial charge in [-0.1, -0.05) is 29.5 Å². The summed E-state index contributed by atoms with van der Waals surface area (Å²) >= 11 is 1.33. The molecular formula is C20H18N4O4S. The van der Waals surface area contributed by atoms with Crippen LogP contribution < -0.4 is 9.47 Å². The van der Waals surface area contributed by atoms with Crippen molar-refractivity contribution in [3.05, 3.63) is 53.9 Å². The van der Waals surface area contributed by atoms with Gasteiger partial charge in [0, 0.05) is 11.1 Å². The first-order valence-electron chi connectivity index (χ1n) is 8.74. The molecule has 0 atom stereocenters. The second-order valence-electron chi connectivity index (χ2n) is 6.10. The minimum absolute atomic E-state index is 0.388. The van der Waals surface area contributed by atoms with Crippen LogP contribution in [0.1, 0.15) is 11.5 Å². The zero-order valence-electron chi connectivity index (χ0n) is 16.1. The third-order valence-corrected chi connectivity index (χ3v) is 4.89. The van der Waals surface area contributed by atoms with Gasteiger partial charge in [-0.25, -0.2) is 0 Å². The molecule has 0 spiro atoms. The predicted molar refractivity (Wildman–Crippen MR) is 107 cm³/mol. The Labute approximate surface area is 171 Å². The number of benzene rings is 2. The molecule has 0 fully saturated rings. The molecule has 148 valence electrons. The van der Waals surface area contributed by atoms with E-state index in [0.717, 1.165) is 16.7 Å². The maximum absolute atomic E-state index is 5.73. The molecule has 0 aliphatic heterocycles. The second kappa shape index (κ2) is 8.36. The average molecular weight is 410 g/mol. The van der Waals surface area contributed by atoms with Crippen LogP contribution in [0.5, 0.6) is 11.5 Å². The van der Waals surface area contributed by atoms with Gasteiger partial charge in [0.1, 0.15) is 0 Å². The molecule has 0 saturated carbocycles. The molecule has 0 N–H and O–H groups in total. The van der Waals surface area contributed by atoms with Crippen LogP contribution >= 0.6 is 11.8 Å². The van der Waals surface area contributed by atoms with E-state index in [9.17, 15) is 0 Å². The Bertz CT molecular complexity index is 1130. The van der Waals surface area contributed by atoms with Gasteiger partial charge in [-0.15, -0.1) is 20.4 Å². The van der Waals surface area contributed by atoms with Gasteiger partial charge in [-0.3, -0.25) is 0 Å². The van der Waals surface area contributed by atoms with Crippen molar-refractivity contribution in [1.29, 1.82) is 0 Å². The van der Waals surface area contributed by atoms with Gasteiger partial charge in [-0.05, 0) is 37.3 Å². The van der Waals surface area contributed by atoms with E-state index in [4.69, 9.17) is 18.3 Å².